The van der Waals surface area contributed by atoms with Gasteiger partial charge in [0.2, 0.25) is 11.9 Å². The lowest BCUT2D eigenvalue weighted by Crippen LogP contribution is -2.37. The Morgan fingerprint density at radius 3 is 2.82 bits per heavy atom. The number of rotatable bonds is 9. The number of hydrogen-bond acceptors (Lipinski definition) is 9. The van der Waals surface area contributed by atoms with Crippen molar-refractivity contribution in [2.75, 3.05) is 37.8 Å². The molecule has 170 valence electrons. The summed E-state index contributed by atoms with van der Waals surface area (Å²) in [5.41, 5.74) is 7.58. The summed E-state index contributed by atoms with van der Waals surface area (Å²) in [4.78, 5) is 35.5. The molecule has 3 heterocycles. The summed E-state index contributed by atoms with van der Waals surface area (Å²) in [6, 6.07) is 13.0. The monoisotopic (exact) mass is 447 g/mol. The fraction of sp³-hybridized carbons (Fsp3) is 0.304. The SMILES string of the molecule is NC(=O)c1cccc(CN=Cc2nc(OCCc3ccccn3)nc(N3CCOCC3)n2)c1. The lowest BCUT2D eigenvalue weighted by atomic mass is 10.1. The molecule has 0 spiro atoms. The highest BCUT2D eigenvalue weighted by Crippen LogP contribution is 2.14. The third-order valence-corrected chi connectivity index (χ3v) is 4.92. The number of primary amides is 1. The lowest BCUT2D eigenvalue weighted by molar-refractivity contribution is 0.1000. The molecule has 1 fully saturated rings. The van der Waals surface area contributed by atoms with E-state index in [2.05, 4.69) is 24.9 Å². The number of nitrogens with two attached hydrogens (primary N) is 1. The van der Waals surface area contributed by atoms with Gasteiger partial charge in [0.25, 0.3) is 0 Å². The number of morpholine rings is 1. The molecule has 33 heavy (non-hydrogen) atoms. The molecule has 0 atom stereocenters. The van der Waals surface area contributed by atoms with Crippen molar-refractivity contribution < 1.29 is 14.3 Å². The number of amides is 1. The van der Waals surface area contributed by atoms with Gasteiger partial charge in [0, 0.05) is 37.0 Å². The van der Waals surface area contributed by atoms with Gasteiger partial charge in [-0.3, -0.25) is 14.8 Å². The van der Waals surface area contributed by atoms with E-state index < -0.39 is 5.91 Å². The van der Waals surface area contributed by atoms with Gasteiger partial charge in [-0.05, 0) is 29.8 Å². The Hall–Kier alpha value is -3.92. The Labute approximate surface area is 191 Å². The van der Waals surface area contributed by atoms with Crippen molar-refractivity contribution in [3.63, 3.8) is 0 Å². The molecular formula is C23H25N7O3. The van der Waals surface area contributed by atoms with Crippen molar-refractivity contribution in [1.29, 1.82) is 0 Å². The average molecular weight is 447 g/mol. The van der Waals surface area contributed by atoms with Crippen molar-refractivity contribution in [3.05, 3.63) is 71.3 Å². The van der Waals surface area contributed by atoms with Crippen molar-refractivity contribution in [2.45, 2.75) is 13.0 Å². The predicted octanol–water partition coefficient (Wildman–Crippen LogP) is 1.44. The minimum absolute atomic E-state index is 0.236. The highest BCUT2D eigenvalue weighted by atomic mass is 16.5. The maximum atomic E-state index is 11.4. The van der Waals surface area contributed by atoms with E-state index in [9.17, 15) is 4.79 Å². The van der Waals surface area contributed by atoms with Crippen LogP contribution in [0.1, 0.15) is 27.4 Å². The van der Waals surface area contributed by atoms with Gasteiger partial charge >= 0.3 is 6.01 Å². The van der Waals surface area contributed by atoms with E-state index in [1.165, 1.54) is 0 Å². The fourth-order valence-corrected chi connectivity index (χ4v) is 3.24. The molecule has 1 saturated heterocycles. The van der Waals surface area contributed by atoms with Crippen molar-refractivity contribution in [3.8, 4) is 6.01 Å². The Morgan fingerprint density at radius 2 is 2.03 bits per heavy atom. The summed E-state index contributed by atoms with van der Waals surface area (Å²) < 4.78 is 11.2. The minimum atomic E-state index is -0.471. The van der Waals surface area contributed by atoms with Gasteiger partial charge in [0.15, 0.2) is 5.82 Å². The second-order valence-corrected chi connectivity index (χ2v) is 7.33. The first-order valence-electron chi connectivity index (χ1n) is 10.7. The zero-order valence-electron chi connectivity index (χ0n) is 18.1. The van der Waals surface area contributed by atoms with E-state index in [0.717, 1.165) is 11.3 Å². The van der Waals surface area contributed by atoms with Crippen LogP contribution in [0, 0.1) is 0 Å². The molecule has 10 heteroatoms. The number of carbonyl (C=O) groups excluding carboxylic acids is 1. The van der Waals surface area contributed by atoms with E-state index in [-0.39, 0.29) is 6.01 Å². The number of aliphatic imine (C=N–C) groups is 1. The van der Waals surface area contributed by atoms with Gasteiger partial charge in [-0.1, -0.05) is 18.2 Å². The van der Waals surface area contributed by atoms with Crippen molar-refractivity contribution >= 4 is 18.1 Å². The number of hydrogen-bond donors (Lipinski definition) is 1. The summed E-state index contributed by atoms with van der Waals surface area (Å²) in [6.45, 7) is 3.35. The van der Waals surface area contributed by atoms with Gasteiger partial charge in [-0.2, -0.15) is 15.0 Å². The molecule has 2 aromatic heterocycles. The van der Waals surface area contributed by atoms with E-state index in [1.54, 1.807) is 30.6 Å². The second-order valence-electron chi connectivity index (χ2n) is 7.33. The van der Waals surface area contributed by atoms with Crippen molar-refractivity contribution in [2.24, 2.45) is 10.7 Å². The Bertz CT molecular complexity index is 1100. The highest BCUT2D eigenvalue weighted by molar-refractivity contribution is 5.92. The van der Waals surface area contributed by atoms with Gasteiger partial charge in [-0.25, -0.2) is 0 Å². The summed E-state index contributed by atoms with van der Waals surface area (Å²) in [5.74, 6) is 0.449. The normalized spacial score (nSPS) is 13.9. The second kappa shape index (κ2) is 11.1. The Kier molecular flexibility index (Phi) is 7.49. The summed E-state index contributed by atoms with van der Waals surface area (Å²) >= 11 is 0. The van der Waals surface area contributed by atoms with E-state index in [1.807, 2.05) is 29.2 Å². The first-order chi connectivity index (χ1) is 16.2. The molecule has 0 saturated carbocycles. The van der Waals surface area contributed by atoms with Crippen LogP contribution in [0.15, 0.2) is 53.7 Å². The molecule has 3 aromatic rings. The van der Waals surface area contributed by atoms with Crippen LogP contribution in [0.3, 0.4) is 0 Å². The van der Waals surface area contributed by atoms with Crippen LogP contribution >= 0.6 is 0 Å². The summed E-state index contributed by atoms with van der Waals surface area (Å²) in [5, 5.41) is 0. The summed E-state index contributed by atoms with van der Waals surface area (Å²) in [7, 11) is 0. The number of aromatic nitrogens is 4. The molecule has 1 aliphatic heterocycles. The molecule has 0 bridgehead atoms. The molecule has 1 aliphatic rings. The topological polar surface area (TPSA) is 129 Å². The molecule has 0 radical (unpaired) electrons. The quantitative estimate of drug-likeness (QED) is 0.488. The summed E-state index contributed by atoms with van der Waals surface area (Å²) in [6.07, 6.45) is 3.97. The van der Waals surface area contributed by atoms with Crippen LogP contribution in [-0.2, 0) is 17.7 Å². The fourth-order valence-electron chi connectivity index (χ4n) is 3.24. The maximum absolute atomic E-state index is 11.4. The van der Waals surface area contributed by atoms with Crippen molar-refractivity contribution in [1.82, 2.24) is 19.9 Å². The standard InChI is InChI=1S/C23H25N7O3/c24-21(31)18-5-3-4-17(14-18)15-25-16-20-27-22(30-9-12-32-13-10-30)29-23(28-20)33-11-7-19-6-1-2-8-26-19/h1-6,8,14,16H,7,9-13,15H2,(H2,24,31). The lowest BCUT2D eigenvalue weighted by Gasteiger charge is -2.26. The van der Waals surface area contributed by atoms with Gasteiger partial charge < -0.3 is 20.1 Å². The smallest absolute Gasteiger partial charge is 0.321 e. The molecular weight excluding hydrogens is 422 g/mol. The van der Waals surface area contributed by atoms with Crippen LogP contribution in [0.4, 0.5) is 5.95 Å². The largest absolute Gasteiger partial charge is 0.463 e. The zero-order valence-corrected chi connectivity index (χ0v) is 18.1. The van der Waals surface area contributed by atoms with Crippen LogP contribution < -0.4 is 15.4 Å². The van der Waals surface area contributed by atoms with Crippen LogP contribution in [0.5, 0.6) is 6.01 Å². The molecule has 1 amide bonds. The zero-order chi connectivity index (χ0) is 22.9. The third-order valence-electron chi connectivity index (χ3n) is 4.92. The number of nitrogens with zero attached hydrogens (tertiary/aromatic N) is 6. The van der Waals surface area contributed by atoms with Crippen LogP contribution in [0.25, 0.3) is 0 Å². The molecule has 0 aliphatic carbocycles. The molecule has 4 rings (SSSR count). The Balaban J connectivity index is 1.47. The first kappa shape index (κ1) is 22.3. The predicted molar refractivity (Wildman–Crippen MR) is 123 cm³/mol. The Morgan fingerprint density at radius 1 is 1.15 bits per heavy atom. The highest BCUT2D eigenvalue weighted by Gasteiger charge is 2.17. The number of anilines is 1. The minimum Gasteiger partial charge on any atom is -0.463 e. The van der Waals surface area contributed by atoms with Gasteiger partial charge in [0.1, 0.15) is 0 Å². The van der Waals surface area contributed by atoms with E-state index in [0.29, 0.717) is 63.2 Å². The van der Waals surface area contributed by atoms with Crippen LogP contribution in [-0.4, -0.2) is 65.0 Å². The van der Waals surface area contributed by atoms with Crippen LogP contribution in [0.2, 0.25) is 0 Å². The average Bonchev–Trinajstić information content (AvgIpc) is 2.85. The third kappa shape index (κ3) is 6.53. The van der Waals surface area contributed by atoms with Gasteiger partial charge in [0.05, 0.1) is 32.6 Å². The number of ether oxygens (including phenoxy) is 2. The molecule has 2 N–H and O–H groups in total. The number of carbonyl (C=O) groups is 1. The number of benzene rings is 1. The maximum Gasteiger partial charge on any atom is 0.321 e. The first-order valence-corrected chi connectivity index (χ1v) is 10.7. The molecule has 1 aromatic carbocycles. The molecule has 10 nitrogen and oxygen atoms in total. The van der Waals surface area contributed by atoms with E-state index >= 15 is 0 Å². The van der Waals surface area contributed by atoms with E-state index in [4.69, 9.17) is 15.2 Å². The van der Waals surface area contributed by atoms with Gasteiger partial charge in [-0.15, -0.1) is 0 Å². The number of pyridine rings is 1. The molecule has 0 unspecified atom stereocenters.